The van der Waals surface area contributed by atoms with Crippen molar-refractivity contribution >= 4 is 34.5 Å². The Bertz CT molecular complexity index is 607. The highest BCUT2D eigenvalue weighted by molar-refractivity contribution is 7.08. The van der Waals surface area contributed by atoms with Crippen molar-refractivity contribution in [3.05, 3.63) is 51.2 Å². The first kappa shape index (κ1) is 13.5. The Labute approximate surface area is 127 Å². The number of halogens is 1. The molecule has 1 aliphatic heterocycles. The molecule has 0 bridgehead atoms. The number of hydrogen-bond donors (Lipinski definition) is 1. The summed E-state index contributed by atoms with van der Waals surface area (Å²) in [6, 6.07) is 7.29. The van der Waals surface area contributed by atoms with Crippen molar-refractivity contribution in [1.82, 2.24) is 4.90 Å². The van der Waals surface area contributed by atoms with E-state index in [2.05, 4.69) is 11.4 Å². The third-order valence-electron chi connectivity index (χ3n) is 3.61. The third-order valence-corrected chi connectivity index (χ3v) is 4.53. The van der Waals surface area contributed by atoms with E-state index in [9.17, 15) is 4.79 Å². The van der Waals surface area contributed by atoms with Crippen LogP contribution >= 0.6 is 22.9 Å². The fraction of sp³-hybridized carbons (Fsp3) is 0.267. The van der Waals surface area contributed by atoms with E-state index >= 15 is 0 Å². The summed E-state index contributed by atoms with van der Waals surface area (Å²) in [7, 11) is 0. The van der Waals surface area contributed by atoms with Gasteiger partial charge in [0.1, 0.15) is 0 Å². The normalized spacial score (nSPS) is 18.4. The molecule has 0 radical (unpaired) electrons. The molecule has 1 saturated heterocycles. The molecule has 3 rings (SSSR count). The van der Waals surface area contributed by atoms with Crippen molar-refractivity contribution in [2.45, 2.75) is 18.9 Å². The highest BCUT2D eigenvalue weighted by Gasteiger charge is 2.30. The summed E-state index contributed by atoms with van der Waals surface area (Å²) in [6.45, 7) is 0.783. The number of benzene rings is 1. The standard InChI is InChI=1S/C15H15ClN2OS/c16-12-6-11(7-13(17)8-12)15(19)18-4-1-2-14(18)10-3-5-20-9-10/h3,5-9,14H,1-2,4,17H2. The van der Waals surface area contributed by atoms with Crippen LogP contribution in [0.1, 0.15) is 34.8 Å². The lowest BCUT2D eigenvalue weighted by Gasteiger charge is -2.24. The van der Waals surface area contributed by atoms with Gasteiger partial charge in [-0.3, -0.25) is 4.79 Å². The number of anilines is 1. The summed E-state index contributed by atoms with van der Waals surface area (Å²) >= 11 is 7.65. The molecular formula is C15H15ClN2OS. The van der Waals surface area contributed by atoms with Gasteiger partial charge in [0.15, 0.2) is 0 Å². The van der Waals surface area contributed by atoms with Gasteiger partial charge in [0.2, 0.25) is 0 Å². The number of nitrogen functional groups attached to an aromatic ring is 1. The van der Waals surface area contributed by atoms with Gasteiger partial charge >= 0.3 is 0 Å². The molecule has 0 spiro atoms. The van der Waals surface area contributed by atoms with Gasteiger partial charge in [-0.1, -0.05) is 11.6 Å². The van der Waals surface area contributed by atoms with Gasteiger partial charge in [-0.15, -0.1) is 0 Å². The summed E-state index contributed by atoms with van der Waals surface area (Å²) in [4.78, 5) is 14.6. The second-order valence-electron chi connectivity index (χ2n) is 4.99. The second kappa shape index (κ2) is 5.46. The molecule has 1 aliphatic rings. The lowest BCUT2D eigenvalue weighted by atomic mass is 10.1. The quantitative estimate of drug-likeness (QED) is 0.854. The zero-order chi connectivity index (χ0) is 14.1. The first-order valence-electron chi connectivity index (χ1n) is 6.54. The molecule has 104 valence electrons. The average Bonchev–Trinajstić information content (AvgIpc) is 3.07. The van der Waals surface area contributed by atoms with Crippen LogP contribution in [0.4, 0.5) is 5.69 Å². The Balaban J connectivity index is 1.89. The predicted molar refractivity (Wildman–Crippen MR) is 83.2 cm³/mol. The summed E-state index contributed by atoms with van der Waals surface area (Å²) in [6.07, 6.45) is 2.04. The predicted octanol–water partition coefficient (Wildman–Crippen LogP) is 3.96. The molecule has 3 nitrogen and oxygen atoms in total. The summed E-state index contributed by atoms with van der Waals surface area (Å²) < 4.78 is 0. The number of carbonyl (C=O) groups excluding carboxylic acids is 1. The Morgan fingerprint density at radius 1 is 1.40 bits per heavy atom. The molecule has 2 aromatic rings. The highest BCUT2D eigenvalue weighted by atomic mass is 35.5. The van der Waals surface area contributed by atoms with Crippen LogP contribution in [0.15, 0.2) is 35.0 Å². The minimum absolute atomic E-state index is 0.00731. The second-order valence-corrected chi connectivity index (χ2v) is 6.20. The van der Waals surface area contributed by atoms with Crippen molar-refractivity contribution in [2.24, 2.45) is 0 Å². The largest absolute Gasteiger partial charge is 0.399 e. The number of thiophene rings is 1. The number of nitrogens with zero attached hydrogens (tertiary/aromatic N) is 1. The van der Waals surface area contributed by atoms with Crippen LogP contribution in [0.5, 0.6) is 0 Å². The van der Waals surface area contributed by atoms with E-state index in [1.54, 1.807) is 29.5 Å². The number of amides is 1. The summed E-state index contributed by atoms with van der Waals surface area (Å²) in [5.41, 5.74) is 8.08. The van der Waals surface area contributed by atoms with Crippen molar-refractivity contribution in [3.63, 3.8) is 0 Å². The maximum atomic E-state index is 12.7. The van der Waals surface area contributed by atoms with Gasteiger partial charge in [-0.2, -0.15) is 11.3 Å². The minimum Gasteiger partial charge on any atom is -0.399 e. The van der Waals surface area contributed by atoms with Crippen LogP contribution < -0.4 is 5.73 Å². The van der Waals surface area contributed by atoms with Gasteiger partial charge in [-0.05, 0) is 53.4 Å². The topological polar surface area (TPSA) is 46.3 Å². The van der Waals surface area contributed by atoms with Gasteiger partial charge in [0, 0.05) is 22.8 Å². The van der Waals surface area contributed by atoms with E-state index in [0.29, 0.717) is 16.3 Å². The maximum Gasteiger partial charge on any atom is 0.254 e. The maximum absolute atomic E-state index is 12.7. The molecule has 2 N–H and O–H groups in total. The van der Waals surface area contributed by atoms with E-state index in [0.717, 1.165) is 19.4 Å². The molecular weight excluding hydrogens is 292 g/mol. The lowest BCUT2D eigenvalue weighted by molar-refractivity contribution is 0.0736. The van der Waals surface area contributed by atoms with E-state index in [-0.39, 0.29) is 11.9 Å². The molecule has 5 heteroatoms. The molecule has 1 aromatic heterocycles. The van der Waals surface area contributed by atoms with Gasteiger partial charge in [-0.25, -0.2) is 0 Å². The van der Waals surface area contributed by atoms with E-state index in [1.165, 1.54) is 5.56 Å². The fourth-order valence-corrected chi connectivity index (χ4v) is 3.67. The number of nitrogens with two attached hydrogens (primary N) is 1. The Kier molecular flexibility index (Phi) is 3.68. The van der Waals surface area contributed by atoms with Gasteiger partial charge in [0.25, 0.3) is 5.91 Å². The highest BCUT2D eigenvalue weighted by Crippen LogP contribution is 2.34. The molecule has 1 amide bonds. The van der Waals surface area contributed by atoms with Crippen LogP contribution in [-0.4, -0.2) is 17.4 Å². The molecule has 0 aliphatic carbocycles. The molecule has 0 saturated carbocycles. The molecule has 1 atom stereocenters. The molecule has 1 aromatic carbocycles. The molecule has 2 heterocycles. The summed E-state index contributed by atoms with van der Waals surface area (Å²) in [5.74, 6) is 0.00731. The molecule has 1 unspecified atom stereocenters. The Morgan fingerprint density at radius 3 is 2.95 bits per heavy atom. The van der Waals surface area contributed by atoms with Crippen LogP contribution in [0.25, 0.3) is 0 Å². The zero-order valence-electron chi connectivity index (χ0n) is 10.9. The molecule has 20 heavy (non-hydrogen) atoms. The van der Waals surface area contributed by atoms with Crippen LogP contribution in [-0.2, 0) is 0 Å². The van der Waals surface area contributed by atoms with E-state index in [1.807, 2.05) is 10.3 Å². The smallest absolute Gasteiger partial charge is 0.254 e. The Morgan fingerprint density at radius 2 is 2.25 bits per heavy atom. The van der Waals surface area contributed by atoms with Crippen molar-refractivity contribution < 1.29 is 4.79 Å². The van der Waals surface area contributed by atoms with Crippen LogP contribution in [0, 0.1) is 0 Å². The van der Waals surface area contributed by atoms with Gasteiger partial charge < -0.3 is 10.6 Å². The minimum atomic E-state index is 0.00731. The van der Waals surface area contributed by atoms with Gasteiger partial charge in [0.05, 0.1) is 6.04 Å². The van der Waals surface area contributed by atoms with Crippen molar-refractivity contribution in [2.75, 3.05) is 12.3 Å². The SMILES string of the molecule is Nc1cc(Cl)cc(C(=O)N2CCCC2c2ccsc2)c1. The number of carbonyl (C=O) groups is 1. The monoisotopic (exact) mass is 306 g/mol. The fourth-order valence-electron chi connectivity index (χ4n) is 2.72. The average molecular weight is 307 g/mol. The summed E-state index contributed by atoms with van der Waals surface area (Å²) in [5, 5.41) is 4.66. The van der Waals surface area contributed by atoms with Crippen molar-refractivity contribution in [1.29, 1.82) is 0 Å². The molecule has 1 fully saturated rings. The zero-order valence-corrected chi connectivity index (χ0v) is 12.5. The van der Waals surface area contributed by atoms with Crippen molar-refractivity contribution in [3.8, 4) is 0 Å². The van der Waals surface area contributed by atoms with Crippen LogP contribution in [0.2, 0.25) is 5.02 Å². The van der Waals surface area contributed by atoms with E-state index in [4.69, 9.17) is 17.3 Å². The lowest BCUT2D eigenvalue weighted by Crippen LogP contribution is -2.30. The number of hydrogen-bond acceptors (Lipinski definition) is 3. The first-order chi connectivity index (χ1) is 9.65. The van der Waals surface area contributed by atoms with Crippen LogP contribution in [0.3, 0.4) is 0 Å². The Hall–Kier alpha value is -1.52. The number of rotatable bonds is 2. The van der Waals surface area contributed by atoms with E-state index < -0.39 is 0 Å². The third kappa shape index (κ3) is 2.53. The first-order valence-corrected chi connectivity index (χ1v) is 7.86. The number of likely N-dealkylation sites (tertiary alicyclic amines) is 1.